The number of halogens is 1. The molecule has 0 radical (unpaired) electrons. The second-order valence-electron chi connectivity index (χ2n) is 6.90. The quantitative estimate of drug-likeness (QED) is 0.725. The predicted molar refractivity (Wildman–Crippen MR) is 103 cm³/mol. The monoisotopic (exact) mass is 359 g/mol. The second-order valence-corrected chi connectivity index (χ2v) is 7.30. The third-order valence-corrected chi connectivity index (χ3v) is 4.55. The standard InChI is InChI=1S/C21H26ClNO2/c1-14(2)20(15(3)4)23-21(24)16-9-7-10-18(12-16)25-13-17-8-5-6-11-19(17)22/h5-12,14-15,20H,13H2,1-4H3,(H,23,24). The van der Waals surface area contributed by atoms with Gasteiger partial charge >= 0.3 is 0 Å². The summed E-state index contributed by atoms with van der Waals surface area (Å²) in [5.74, 6) is 1.33. The zero-order chi connectivity index (χ0) is 18.4. The van der Waals surface area contributed by atoms with Crippen LogP contribution in [0.3, 0.4) is 0 Å². The van der Waals surface area contributed by atoms with Crippen molar-refractivity contribution in [3.8, 4) is 5.75 Å². The summed E-state index contributed by atoms with van der Waals surface area (Å²) in [7, 11) is 0. The fourth-order valence-electron chi connectivity index (χ4n) is 2.84. The van der Waals surface area contributed by atoms with Gasteiger partial charge in [0.15, 0.2) is 0 Å². The molecule has 0 aliphatic rings. The van der Waals surface area contributed by atoms with Crippen LogP contribution in [0.4, 0.5) is 0 Å². The lowest BCUT2D eigenvalue weighted by atomic mass is 9.93. The molecule has 0 atom stereocenters. The van der Waals surface area contributed by atoms with Crippen molar-refractivity contribution in [3.05, 3.63) is 64.7 Å². The van der Waals surface area contributed by atoms with Crippen molar-refractivity contribution in [2.45, 2.75) is 40.3 Å². The fourth-order valence-corrected chi connectivity index (χ4v) is 3.03. The van der Waals surface area contributed by atoms with Crippen LogP contribution in [-0.2, 0) is 6.61 Å². The highest BCUT2D eigenvalue weighted by molar-refractivity contribution is 6.31. The molecule has 0 aromatic heterocycles. The number of ether oxygens (including phenoxy) is 1. The number of carbonyl (C=O) groups is 1. The van der Waals surface area contributed by atoms with Crippen LogP contribution in [0.25, 0.3) is 0 Å². The number of rotatable bonds is 7. The second kappa shape index (κ2) is 8.91. The summed E-state index contributed by atoms with van der Waals surface area (Å²) in [6, 6.07) is 15.0. The first-order valence-electron chi connectivity index (χ1n) is 8.65. The maximum absolute atomic E-state index is 12.6. The van der Waals surface area contributed by atoms with E-state index in [9.17, 15) is 4.79 Å². The van der Waals surface area contributed by atoms with E-state index >= 15 is 0 Å². The summed E-state index contributed by atoms with van der Waals surface area (Å²) in [4.78, 5) is 12.6. The Balaban J connectivity index is 2.05. The molecule has 1 N–H and O–H groups in total. The van der Waals surface area contributed by atoms with Gasteiger partial charge in [0.1, 0.15) is 12.4 Å². The Labute approximate surface area is 155 Å². The molecule has 1 amide bonds. The molecule has 3 nitrogen and oxygen atoms in total. The molecule has 0 unspecified atom stereocenters. The molecule has 0 aliphatic heterocycles. The zero-order valence-corrected chi connectivity index (χ0v) is 16.0. The van der Waals surface area contributed by atoms with Crippen molar-refractivity contribution in [1.82, 2.24) is 5.32 Å². The number of hydrogen-bond donors (Lipinski definition) is 1. The van der Waals surface area contributed by atoms with Gasteiger partial charge in [-0.3, -0.25) is 4.79 Å². The molecule has 0 heterocycles. The van der Waals surface area contributed by atoms with Gasteiger partial charge in [-0.2, -0.15) is 0 Å². The van der Waals surface area contributed by atoms with E-state index in [0.717, 1.165) is 5.56 Å². The summed E-state index contributed by atoms with van der Waals surface area (Å²) in [6.07, 6.45) is 0. The van der Waals surface area contributed by atoms with Crippen molar-refractivity contribution in [2.75, 3.05) is 0 Å². The summed E-state index contributed by atoms with van der Waals surface area (Å²) in [6.45, 7) is 8.84. The first-order valence-corrected chi connectivity index (χ1v) is 9.03. The van der Waals surface area contributed by atoms with Crippen molar-refractivity contribution in [1.29, 1.82) is 0 Å². The van der Waals surface area contributed by atoms with Gasteiger partial charge in [-0.1, -0.05) is 63.6 Å². The maximum Gasteiger partial charge on any atom is 0.251 e. The zero-order valence-electron chi connectivity index (χ0n) is 15.3. The molecule has 0 bridgehead atoms. The van der Waals surface area contributed by atoms with E-state index in [0.29, 0.717) is 34.8 Å². The highest BCUT2D eigenvalue weighted by Crippen LogP contribution is 2.20. The Bertz CT molecular complexity index is 705. The first-order chi connectivity index (χ1) is 11.9. The Morgan fingerprint density at radius 3 is 2.36 bits per heavy atom. The van der Waals surface area contributed by atoms with Gasteiger partial charge in [-0.05, 0) is 36.1 Å². The van der Waals surface area contributed by atoms with Crippen LogP contribution in [-0.4, -0.2) is 11.9 Å². The van der Waals surface area contributed by atoms with Crippen molar-refractivity contribution < 1.29 is 9.53 Å². The predicted octanol–water partition coefficient (Wildman–Crippen LogP) is 5.33. The number of nitrogens with one attached hydrogen (secondary N) is 1. The van der Waals surface area contributed by atoms with E-state index in [4.69, 9.17) is 16.3 Å². The van der Waals surface area contributed by atoms with E-state index in [1.807, 2.05) is 36.4 Å². The summed E-state index contributed by atoms with van der Waals surface area (Å²) in [5, 5.41) is 3.80. The van der Waals surface area contributed by atoms with E-state index in [1.165, 1.54) is 0 Å². The Kier molecular flexibility index (Phi) is 6.89. The van der Waals surface area contributed by atoms with E-state index < -0.39 is 0 Å². The van der Waals surface area contributed by atoms with Gasteiger partial charge in [-0.25, -0.2) is 0 Å². The molecule has 0 saturated carbocycles. The SMILES string of the molecule is CC(C)C(NC(=O)c1cccc(OCc2ccccc2Cl)c1)C(C)C. The van der Waals surface area contributed by atoms with Gasteiger partial charge in [0, 0.05) is 22.2 Å². The van der Waals surface area contributed by atoms with Crippen molar-refractivity contribution in [2.24, 2.45) is 11.8 Å². The van der Waals surface area contributed by atoms with E-state index in [1.54, 1.807) is 12.1 Å². The molecule has 134 valence electrons. The minimum Gasteiger partial charge on any atom is -0.489 e. The first kappa shape index (κ1) is 19.3. The van der Waals surface area contributed by atoms with Crippen LogP contribution in [0.1, 0.15) is 43.6 Å². The Morgan fingerprint density at radius 2 is 1.72 bits per heavy atom. The van der Waals surface area contributed by atoms with Crippen LogP contribution in [0.5, 0.6) is 5.75 Å². The van der Waals surface area contributed by atoms with Crippen LogP contribution < -0.4 is 10.1 Å². The molecule has 0 fully saturated rings. The number of hydrogen-bond acceptors (Lipinski definition) is 2. The molecule has 0 spiro atoms. The van der Waals surface area contributed by atoms with Gasteiger partial charge < -0.3 is 10.1 Å². The third kappa shape index (κ3) is 5.50. The topological polar surface area (TPSA) is 38.3 Å². The third-order valence-electron chi connectivity index (χ3n) is 4.18. The lowest BCUT2D eigenvalue weighted by Crippen LogP contribution is -2.42. The van der Waals surface area contributed by atoms with Crippen molar-refractivity contribution >= 4 is 17.5 Å². The Morgan fingerprint density at radius 1 is 1.04 bits per heavy atom. The lowest BCUT2D eigenvalue weighted by molar-refractivity contribution is 0.0910. The normalized spacial score (nSPS) is 11.2. The van der Waals surface area contributed by atoms with Crippen LogP contribution in [0, 0.1) is 11.8 Å². The minimum absolute atomic E-state index is 0.0735. The maximum atomic E-state index is 12.6. The molecule has 0 aliphatic carbocycles. The molecule has 2 aromatic rings. The van der Waals surface area contributed by atoms with Crippen LogP contribution in [0.15, 0.2) is 48.5 Å². The number of amides is 1. The van der Waals surface area contributed by atoms with Gasteiger partial charge in [0.2, 0.25) is 0 Å². The van der Waals surface area contributed by atoms with E-state index in [2.05, 4.69) is 33.0 Å². The summed E-state index contributed by atoms with van der Waals surface area (Å²) < 4.78 is 5.80. The molecular weight excluding hydrogens is 334 g/mol. The van der Waals surface area contributed by atoms with Gasteiger partial charge in [0.05, 0.1) is 0 Å². The highest BCUT2D eigenvalue weighted by atomic mass is 35.5. The Hall–Kier alpha value is -2.00. The summed E-state index contributed by atoms with van der Waals surface area (Å²) >= 11 is 6.14. The van der Waals surface area contributed by atoms with Crippen LogP contribution >= 0.6 is 11.6 Å². The molecule has 2 rings (SSSR count). The van der Waals surface area contributed by atoms with Crippen LogP contribution in [0.2, 0.25) is 5.02 Å². The molecule has 2 aromatic carbocycles. The van der Waals surface area contributed by atoms with Gasteiger partial charge in [-0.15, -0.1) is 0 Å². The summed E-state index contributed by atoms with van der Waals surface area (Å²) in [5.41, 5.74) is 1.52. The number of benzene rings is 2. The van der Waals surface area contributed by atoms with Crippen molar-refractivity contribution in [3.63, 3.8) is 0 Å². The fraction of sp³-hybridized carbons (Fsp3) is 0.381. The molecule has 25 heavy (non-hydrogen) atoms. The largest absolute Gasteiger partial charge is 0.489 e. The number of carbonyl (C=O) groups excluding carboxylic acids is 1. The average molecular weight is 360 g/mol. The minimum atomic E-state index is -0.0735. The van der Waals surface area contributed by atoms with E-state index in [-0.39, 0.29) is 11.9 Å². The van der Waals surface area contributed by atoms with Gasteiger partial charge in [0.25, 0.3) is 5.91 Å². The molecule has 4 heteroatoms. The molecular formula is C21H26ClNO2. The molecule has 0 saturated heterocycles. The lowest BCUT2D eigenvalue weighted by Gasteiger charge is -2.26. The average Bonchev–Trinajstić information content (AvgIpc) is 2.58. The highest BCUT2D eigenvalue weighted by Gasteiger charge is 2.20. The smallest absolute Gasteiger partial charge is 0.251 e.